The summed E-state index contributed by atoms with van der Waals surface area (Å²) < 4.78 is 0. The lowest BCUT2D eigenvalue weighted by molar-refractivity contribution is 0.460. The summed E-state index contributed by atoms with van der Waals surface area (Å²) >= 11 is 0. The van der Waals surface area contributed by atoms with Gasteiger partial charge in [0.05, 0.1) is 0 Å². The Morgan fingerprint density at radius 1 is 1.00 bits per heavy atom. The number of nitrogens with one attached hydrogen (secondary N) is 1. The van der Waals surface area contributed by atoms with Crippen molar-refractivity contribution in [2.75, 3.05) is 6.54 Å². The van der Waals surface area contributed by atoms with Crippen molar-refractivity contribution in [1.29, 1.82) is 0 Å². The summed E-state index contributed by atoms with van der Waals surface area (Å²) in [5, 5.41) is 3.70. The monoisotopic (exact) mass is 265 g/mol. The molecule has 1 saturated heterocycles. The van der Waals surface area contributed by atoms with Crippen LogP contribution in [0.2, 0.25) is 0 Å². The van der Waals surface area contributed by atoms with E-state index in [1.807, 2.05) is 0 Å². The normalized spacial score (nSPS) is 22.1. The molecule has 0 bridgehead atoms. The van der Waals surface area contributed by atoms with Gasteiger partial charge < -0.3 is 5.32 Å². The fraction of sp³-hybridized carbons (Fsp3) is 0.368. The molecule has 1 aliphatic rings. The maximum Gasteiger partial charge on any atom is 0.0352 e. The summed E-state index contributed by atoms with van der Waals surface area (Å²) in [5.74, 6) is 0.707. The first-order valence-corrected chi connectivity index (χ1v) is 7.58. The Balaban J connectivity index is 1.81. The molecule has 2 atom stereocenters. The fourth-order valence-electron chi connectivity index (χ4n) is 3.47. The number of hydrogen-bond acceptors (Lipinski definition) is 1. The molecule has 3 rings (SSSR count). The molecule has 1 N–H and O–H groups in total. The van der Waals surface area contributed by atoms with Crippen LogP contribution < -0.4 is 5.32 Å². The van der Waals surface area contributed by atoms with Gasteiger partial charge in [0.15, 0.2) is 0 Å². The van der Waals surface area contributed by atoms with Gasteiger partial charge in [0.25, 0.3) is 0 Å². The van der Waals surface area contributed by atoms with E-state index in [-0.39, 0.29) is 0 Å². The molecule has 0 aliphatic carbocycles. The molecule has 1 fully saturated rings. The van der Waals surface area contributed by atoms with Gasteiger partial charge in [0.1, 0.15) is 0 Å². The fourth-order valence-corrected chi connectivity index (χ4v) is 3.47. The molecule has 0 spiro atoms. The summed E-state index contributed by atoms with van der Waals surface area (Å²) in [7, 11) is 0. The van der Waals surface area contributed by atoms with E-state index in [1.54, 1.807) is 0 Å². The highest BCUT2D eigenvalue weighted by molar-refractivity contribution is 5.32. The van der Waals surface area contributed by atoms with Gasteiger partial charge in [-0.3, -0.25) is 0 Å². The van der Waals surface area contributed by atoms with Crippen LogP contribution in [0.1, 0.15) is 34.7 Å². The van der Waals surface area contributed by atoms with Gasteiger partial charge in [-0.2, -0.15) is 0 Å². The van der Waals surface area contributed by atoms with Crippen molar-refractivity contribution in [3.8, 4) is 0 Å². The van der Waals surface area contributed by atoms with Crippen LogP contribution in [-0.2, 0) is 6.42 Å². The zero-order valence-corrected chi connectivity index (χ0v) is 12.4. The predicted molar refractivity (Wildman–Crippen MR) is 84.9 cm³/mol. The van der Waals surface area contributed by atoms with Gasteiger partial charge in [0, 0.05) is 6.04 Å². The highest BCUT2D eigenvalue weighted by atomic mass is 14.9. The van der Waals surface area contributed by atoms with E-state index in [0.29, 0.717) is 12.0 Å². The van der Waals surface area contributed by atoms with Crippen LogP contribution in [0, 0.1) is 19.8 Å². The van der Waals surface area contributed by atoms with E-state index in [1.165, 1.54) is 35.1 Å². The van der Waals surface area contributed by atoms with Gasteiger partial charge in [-0.15, -0.1) is 0 Å². The molecule has 2 aromatic carbocycles. The molecule has 0 saturated carbocycles. The largest absolute Gasteiger partial charge is 0.310 e. The second kappa shape index (κ2) is 5.80. The molecule has 0 radical (unpaired) electrons. The Morgan fingerprint density at radius 3 is 2.40 bits per heavy atom. The lowest BCUT2D eigenvalue weighted by Gasteiger charge is -2.21. The summed E-state index contributed by atoms with van der Waals surface area (Å²) in [5.41, 5.74) is 5.65. The van der Waals surface area contributed by atoms with Gasteiger partial charge in [-0.1, -0.05) is 59.7 Å². The van der Waals surface area contributed by atoms with E-state index < -0.39 is 0 Å². The minimum atomic E-state index is 0.508. The van der Waals surface area contributed by atoms with Crippen molar-refractivity contribution >= 4 is 0 Å². The smallest absolute Gasteiger partial charge is 0.0352 e. The van der Waals surface area contributed by atoms with Gasteiger partial charge in [-0.25, -0.2) is 0 Å². The van der Waals surface area contributed by atoms with Crippen LogP contribution in [0.3, 0.4) is 0 Å². The van der Waals surface area contributed by atoms with Crippen molar-refractivity contribution in [2.24, 2.45) is 5.92 Å². The minimum Gasteiger partial charge on any atom is -0.310 e. The van der Waals surface area contributed by atoms with Crippen LogP contribution in [0.4, 0.5) is 0 Å². The molecule has 2 unspecified atom stereocenters. The third kappa shape index (κ3) is 2.94. The first-order valence-electron chi connectivity index (χ1n) is 7.58. The Labute approximate surface area is 122 Å². The Hall–Kier alpha value is -1.60. The molecule has 1 heterocycles. The van der Waals surface area contributed by atoms with E-state index in [2.05, 4.69) is 67.7 Å². The lowest BCUT2D eigenvalue weighted by atomic mass is 9.87. The summed E-state index contributed by atoms with van der Waals surface area (Å²) in [6.45, 7) is 5.52. The van der Waals surface area contributed by atoms with Crippen LogP contribution in [0.5, 0.6) is 0 Å². The standard InChI is InChI=1S/C19H23N/c1-14-10-15(2)12-18(11-14)19-17(8-9-20-19)13-16-6-4-3-5-7-16/h3-7,10-12,17,19-20H,8-9,13H2,1-2H3. The predicted octanol–water partition coefficient (Wildman–Crippen LogP) is 4.20. The SMILES string of the molecule is Cc1cc(C)cc(C2NCCC2Cc2ccccc2)c1. The van der Waals surface area contributed by atoms with Gasteiger partial charge in [-0.05, 0) is 50.3 Å². The van der Waals surface area contributed by atoms with E-state index in [9.17, 15) is 0 Å². The highest BCUT2D eigenvalue weighted by Gasteiger charge is 2.28. The highest BCUT2D eigenvalue weighted by Crippen LogP contribution is 2.33. The second-order valence-corrected chi connectivity index (χ2v) is 6.09. The minimum absolute atomic E-state index is 0.508. The summed E-state index contributed by atoms with van der Waals surface area (Å²) in [6.07, 6.45) is 2.44. The van der Waals surface area contributed by atoms with Crippen LogP contribution in [0.25, 0.3) is 0 Å². The van der Waals surface area contributed by atoms with Crippen molar-refractivity contribution in [3.05, 3.63) is 70.8 Å². The Morgan fingerprint density at radius 2 is 1.70 bits per heavy atom. The van der Waals surface area contributed by atoms with Crippen molar-refractivity contribution in [3.63, 3.8) is 0 Å². The van der Waals surface area contributed by atoms with Crippen LogP contribution >= 0.6 is 0 Å². The first-order chi connectivity index (χ1) is 9.72. The zero-order chi connectivity index (χ0) is 13.9. The molecule has 1 aliphatic heterocycles. The van der Waals surface area contributed by atoms with E-state index in [0.717, 1.165) is 6.54 Å². The zero-order valence-electron chi connectivity index (χ0n) is 12.4. The lowest BCUT2D eigenvalue weighted by Crippen LogP contribution is -2.19. The van der Waals surface area contributed by atoms with Crippen molar-refractivity contribution in [1.82, 2.24) is 5.32 Å². The maximum atomic E-state index is 3.70. The van der Waals surface area contributed by atoms with E-state index >= 15 is 0 Å². The molecule has 0 aromatic heterocycles. The number of aryl methyl sites for hydroxylation is 2. The summed E-state index contributed by atoms with van der Waals surface area (Å²) in [6, 6.07) is 18.3. The molecule has 1 heteroatoms. The van der Waals surface area contributed by atoms with Crippen LogP contribution in [0.15, 0.2) is 48.5 Å². The van der Waals surface area contributed by atoms with Gasteiger partial charge >= 0.3 is 0 Å². The third-order valence-corrected chi connectivity index (χ3v) is 4.29. The first kappa shape index (κ1) is 13.4. The molecule has 2 aromatic rings. The molecule has 20 heavy (non-hydrogen) atoms. The Bertz CT molecular complexity index is 553. The molecule has 1 nitrogen and oxygen atoms in total. The van der Waals surface area contributed by atoms with E-state index in [4.69, 9.17) is 0 Å². The van der Waals surface area contributed by atoms with Crippen molar-refractivity contribution in [2.45, 2.75) is 32.7 Å². The molecule has 0 amide bonds. The maximum absolute atomic E-state index is 3.70. The third-order valence-electron chi connectivity index (χ3n) is 4.29. The second-order valence-electron chi connectivity index (χ2n) is 6.09. The Kier molecular flexibility index (Phi) is 3.88. The average Bonchev–Trinajstić information content (AvgIpc) is 2.87. The topological polar surface area (TPSA) is 12.0 Å². The number of benzene rings is 2. The molecule has 104 valence electrons. The number of rotatable bonds is 3. The quantitative estimate of drug-likeness (QED) is 0.877. The molecular weight excluding hydrogens is 242 g/mol. The average molecular weight is 265 g/mol. The van der Waals surface area contributed by atoms with Gasteiger partial charge in [0.2, 0.25) is 0 Å². The summed E-state index contributed by atoms with van der Waals surface area (Å²) in [4.78, 5) is 0. The van der Waals surface area contributed by atoms with Crippen LogP contribution in [-0.4, -0.2) is 6.54 Å². The molecular formula is C19H23N. The number of hydrogen-bond donors (Lipinski definition) is 1. The van der Waals surface area contributed by atoms with Crippen molar-refractivity contribution < 1.29 is 0 Å².